The van der Waals surface area contributed by atoms with Crippen molar-refractivity contribution in [1.82, 2.24) is 14.8 Å². The molecule has 0 bridgehead atoms. The quantitative estimate of drug-likeness (QED) is 0.441. The van der Waals surface area contributed by atoms with E-state index in [9.17, 15) is 9.90 Å². The van der Waals surface area contributed by atoms with Gasteiger partial charge in [0.2, 0.25) is 0 Å². The molecule has 1 N–H and O–H groups in total. The maximum Gasteiger partial charge on any atom is 0.314 e. The minimum absolute atomic E-state index is 0.509. The summed E-state index contributed by atoms with van der Waals surface area (Å²) in [5.41, 5.74) is 0.394. The molecule has 3 saturated carbocycles. The van der Waals surface area contributed by atoms with Gasteiger partial charge in [0.05, 0.1) is 12.0 Å². The Morgan fingerprint density at radius 3 is 2.14 bits per heavy atom. The fourth-order valence-electron chi connectivity index (χ4n) is 5.47. The molecule has 3 aliphatic rings. The molecule has 6 rings (SSSR count). The van der Waals surface area contributed by atoms with E-state index < -0.39 is 17.0 Å². The Labute approximate surface area is 206 Å². The van der Waals surface area contributed by atoms with Gasteiger partial charge in [-0.25, -0.2) is 9.67 Å². The second-order valence-corrected chi connectivity index (χ2v) is 10.8. The zero-order chi connectivity index (χ0) is 23.9. The molecule has 6 heteroatoms. The number of ether oxygens (including phenoxy) is 1. The first kappa shape index (κ1) is 22.5. The maximum absolute atomic E-state index is 12.6. The van der Waals surface area contributed by atoms with Gasteiger partial charge in [-0.3, -0.25) is 4.79 Å². The van der Waals surface area contributed by atoms with Crippen LogP contribution < -0.4 is 0 Å². The molecule has 0 atom stereocenters. The normalized spacial score (nSPS) is 26.5. The zero-order valence-electron chi connectivity index (χ0n) is 20.1. The van der Waals surface area contributed by atoms with Crippen LogP contribution in [-0.2, 0) is 27.1 Å². The molecular formula is C29H33N3O3. The fraction of sp³-hybridized carbons (Fsp3) is 0.483. The Hall–Kier alpha value is -2.99. The van der Waals surface area contributed by atoms with Crippen LogP contribution in [0.2, 0.25) is 0 Å². The first-order valence-electron chi connectivity index (χ1n) is 13.0. The third-order valence-corrected chi connectivity index (χ3v) is 8.18. The summed E-state index contributed by atoms with van der Waals surface area (Å²) in [4.78, 5) is 17.7. The van der Waals surface area contributed by atoms with Crippen molar-refractivity contribution in [1.29, 1.82) is 0 Å². The summed E-state index contributed by atoms with van der Waals surface area (Å²) in [7, 11) is 0. The number of carboxylic acids is 1. The van der Waals surface area contributed by atoms with Gasteiger partial charge in [0.15, 0.2) is 11.6 Å². The summed E-state index contributed by atoms with van der Waals surface area (Å²) >= 11 is 0. The molecule has 0 saturated heterocycles. The lowest BCUT2D eigenvalue weighted by Crippen LogP contribution is -2.46. The molecule has 0 spiro atoms. The lowest BCUT2D eigenvalue weighted by molar-refractivity contribution is -0.151. The molecule has 35 heavy (non-hydrogen) atoms. The van der Waals surface area contributed by atoms with Crippen LogP contribution in [0.15, 0.2) is 60.7 Å². The van der Waals surface area contributed by atoms with Crippen LogP contribution in [0.25, 0.3) is 11.4 Å². The predicted octanol–water partition coefficient (Wildman–Crippen LogP) is 5.57. The Morgan fingerprint density at radius 1 is 0.914 bits per heavy atom. The molecule has 6 nitrogen and oxygen atoms in total. The van der Waals surface area contributed by atoms with Gasteiger partial charge in [0.25, 0.3) is 0 Å². The van der Waals surface area contributed by atoms with Crippen molar-refractivity contribution in [3.05, 3.63) is 72.1 Å². The lowest BCUT2D eigenvalue weighted by atomic mass is 9.65. The van der Waals surface area contributed by atoms with Crippen LogP contribution in [0.5, 0.6) is 0 Å². The Morgan fingerprint density at radius 2 is 1.54 bits per heavy atom. The van der Waals surface area contributed by atoms with E-state index in [-0.39, 0.29) is 0 Å². The van der Waals surface area contributed by atoms with Gasteiger partial charge >= 0.3 is 5.97 Å². The Bertz CT molecular complexity index is 1170. The highest BCUT2D eigenvalue weighted by Gasteiger charge is 2.52. The van der Waals surface area contributed by atoms with E-state index >= 15 is 0 Å². The first-order chi connectivity index (χ1) is 17.1. The lowest BCUT2D eigenvalue weighted by Gasteiger charge is -2.43. The van der Waals surface area contributed by atoms with Crippen LogP contribution in [0.4, 0.5) is 0 Å². The minimum Gasteiger partial charge on any atom is -0.481 e. The molecule has 0 unspecified atom stereocenters. The van der Waals surface area contributed by atoms with Gasteiger partial charge in [-0.1, -0.05) is 60.7 Å². The van der Waals surface area contributed by atoms with Crippen molar-refractivity contribution >= 4 is 5.97 Å². The SMILES string of the molecule is O=C(O)[C@]1(c2ccccc2)CC[C@](OCC2CC2)(c2nc(-c3ccccc3)n(CC3CC3)n2)CC1. The summed E-state index contributed by atoms with van der Waals surface area (Å²) in [5.74, 6) is 2.13. The molecule has 3 aliphatic carbocycles. The van der Waals surface area contributed by atoms with Gasteiger partial charge in [-0.05, 0) is 68.8 Å². The van der Waals surface area contributed by atoms with E-state index in [2.05, 4.69) is 16.8 Å². The summed E-state index contributed by atoms with van der Waals surface area (Å²) in [6.07, 6.45) is 7.11. The van der Waals surface area contributed by atoms with E-state index in [4.69, 9.17) is 14.8 Å². The number of aliphatic carboxylic acids is 1. The van der Waals surface area contributed by atoms with E-state index in [1.807, 2.05) is 48.5 Å². The fourth-order valence-corrected chi connectivity index (χ4v) is 5.47. The van der Waals surface area contributed by atoms with Crippen LogP contribution >= 0.6 is 0 Å². The van der Waals surface area contributed by atoms with Crippen LogP contribution in [0.3, 0.4) is 0 Å². The maximum atomic E-state index is 12.6. The van der Waals surface area contributed by atoms with Crippen molar-refractivity contribution in [2.45, 2.75) is 68.9 Å². The number of carboxylic acid groups (broad SMARTS) is 1. The number of hydrogen-bond donors (Lipinski definition) is 1. The minimum atomic E-state index is -0.896. The molecule has 1 heterocycles. The first-order valence-corrected chi connectivity index (χ1v) is 13.0. The highest BCUT2D eigenvalue weighted by Crippen LogP contribution is 2.50. The number of rotatable bonds is 9. The largest absolute Gasteiger partial charge is 0.481 e. The smallest absolute Gasteiger partial charge is 0.314 e. The van der Waals surface area contributed by atoms with Crippen molar-refractivity contribution < 1.29 is 14.6 Å². The van der Waals surface area contributed by atoms with Crippen LogP contribution in [-0.4, -0.2) is 32.4 Å². The van der Waals surface area contributed by atoms with Gasteiger partial charge in [-0.2, -0.15) is 5.10 Å². The number of benzene rings is 2. The summed E-state index contributed by atoms with van der Waals surface area (Å²) in [6.45, 7) is 1.57. The second kappa shape index (κ2) is 8.90. The second-order valence-electron chi connectivity index (χ2n) is 10.8. The predicted molar refractivity (Wildman–Crippen MR) is 133 cm³/mol. The van der Waals surface area contributed by atoms with Crippen LogP contribution in [0, 0.1) is 11.8 Å². The standard InChI is InChI=1S/C29H33N3O3/c33-27(34)28(24-9-5-2-6-10-24)15-17-29(18-16-28,35-20-22-13-14-22)26-30-25(23-7-3-1-4-8-23)32(31-26)19-21-11-12-21/h1-10,21-22H,11-20H2,(H,33,34)/t28-,29-. The third kappa shape index (κ3) is 4.40. The van der Waals surface area contributed by atoms with Gasteiger partial charge < -0.3 is 9.84 Å². The number of hydrogen-bond acceptors (Lipinski definition) is 4. The Balaban J connectivity index is 1.36. The molecular weight excluding hydrogens is 438 g/mol. The third-order valence-electron chi connectivity index (χ3n) is 8.18. The molecule has 3 aromatic rings. The molecule has 3 fully saturated rings. The highest BCUT2D eigenvalue weighted by molar-refractivity contribution is 5.81. The molecule has 182 valence electrons. The zero-order valence-corrected chi connectivity index (χ0v) is 20.1. The van der Waals surface area contributed by atoms with Crippen molar-refractivity contribution in [3.8, 4) is 11.4 Å². The number of aromatic nitrogens is 3. The van der Waals surface area contributed by atoms with E-state index in [0.717, 1.165) is 29.3 Å². The van der Waals surface area contributed by atoms with Gasteiger partial charge in [0, 0.05) is 12.1 Å². The van der Waals surface area contributed by atoms with Gasteiger partial charge in [0.1, 0.15) is 5.60 Å². The average molecular weight is 472 g/mol. The van der Waals surface area contributed by atoms with E-state index in [0.29, 0.717) is 44.1 Å². The molecule has 0 aliphatic heterocycles. The van der Waals surface area contributed by atoms with Crippen molar-refractivity contribution in [2.24, 2.45) is 11.8 Å². The van der Waals surface area contributed by atoms with E-state index in [1.165, 1.54) is 25.7 Å². The summed E-state index contributed by atoms with van der Waals surface area (Å²) in [6, 6.07) is 19.9. The number of nitrogens with zero attached hydrogens (tertiary/aromatic N) is 3. The molecule has 0 radical (unpaired) electrons. The number of carbonyl (C=O) groups is 1. The summed E-state index contributed by atoms with van der Waals surface area (Å²) in [5, 5.41) is 15.4. The molecule has 0 amide bonds. The topological polar surface area (TPSA) is 77.2 Å². The van der Waals surface area contributed by atoms with Gasteiger partial charge in [-0.15, -0.1) is 0 Å². The molecule has 2 aromatic carbocycles. The van der Waals surface area contributed by atoms with E-state index in [1.54, 1.807) is 0 Å². The average Bonchev–Trinajstić information content (AvgIpc) is 3.83. The highest BCUT2D eigenvalue weighted by atomic mass is 16.5. The Kier molecular flexibility index (Phi) is 5.72. The van der Waals surface area contributed by atoms with Crippen molar-refractivity contribution in [3.63, 3.8) is 0 Å². The van der Waals surface area contributed by atoms with Crippen LogP contribution in [0.1, 0.15) is 62.8 Å². The summed E-state index contributed by atoms with van der Waals surface area (Å²) < 4.78 is 8.75. The molecule has 1 aromatic heterocycles. The van der Waals surface area contributed by atoms with Crippen molar-refractivity contribution in [2.75, 3.05) is 6.61 Å². The monoisotopic (exact) mass is 471 g/mol.